The maximum atomic E-state index is 12.0. The average molecular weight is 351 g/mol. The number of Topliss-reactive ketones (excluding diaryl/α,β-unsaturated/α-hetero) is 1. The van der Waals surface area contributed by atoms with E-state index in [0.717, 1.165) is 24.8 Å². The van der Waals surface area contributed by atoms with Gasteiger partial charge in [-0.05, 0) is 32.1 Å². The smallest absolute Gasteiger partial charge is 0.220 e. The molecule has 0 aromatic heterocycles. The molecule has 1 aromatic carbocycles. The molecule has 0 spiro atoms. The maximum Gasteiger partial charge on any atom is 0.220 e. The van der Waals surface area contributed by atoms with Gasteiger partial charge in [0.25, 0.3) is 0 Å². The van der Waals surface area contributed by atoms with Crippen LogP contribution in [-0.4, -0.2) is 38.2 Å². The van der Waals surface area contributed by atoms with E-state index in [1.165, 1.54) is 0 Å². The molecular formula is C18H25NO4S. The molecule has 1 heterocycles. The Kier molecular flexibility index (Phi) is 6.54. The van der Waals surface area contributed by atoms with Gasteiger partial charge < -0.3 is 5.32 Å². The maximum absolute atomic E-state index is 12.0. The first kappa shape index (κ1) is 18.6. The molecule has 6 heteroatoms. The minimum Gasteiger partial charge on any atom is -0.356 e. The van der Waals surface area contributed by atoms with Gasteiger partial charge in [0.05, 0.1) is 11.5 Å². The van der Waals surface area contributed by atoms with Crippen LogP contribution in [0, 0.1) is 12.8 Å². The highest BCUT2D eigenvalue weighted by atomic mass is 32.2. The number of aryl methyl sites for hydroxylation is 1. The van der Waals surface area contributed by atoms with Crippen LogP contribution >= 0.6 is 0 Å². The van der Waals surface area contributed by atoms with Gasteiger partial charge in [-0.2, -0.15) is 0 Å². The average Bonchev–Trinajstić information content (AvgIpc) is 2.89. The Morgan fingerprint density at radius 3 is 2.50 bits per heavy atom. The summed E-state index contributed by atoms with van der Waals surface area (Å²) in [5.41, 5.74) is 1.73. The Hall–Kier alpha value is -1.69. The van der Waals surface area contributed by atoms with Crippen molar-refractivity contribution < 1.29 is 18.0 Å². The van der Waals surface area contributed by atoms with Gasteiger partial charge >= 0.3 is 0 Å². The molecule has 1 aliphatic heterocycles. The van der Waals surface area contributed by atoms with Gasteiger partial charge in [0.15, 0.2) is 15.6 Å². The second-order valence-electron chi connectivity index (χ2n) is 6.55. The molecule has 1 aromatic rings. The van der Waals surface area contributed by atoms with Crippen LogP contribution in [0.25, 0.3) is 0 Å². The van der Waals surface area contributed by atoms with Crippen molar-refractivity contribution in [3.8, 4) is 0 Å². The fourth-order valence-electron chi connectivity index (χ4n) is 2.92. The first-order chi connectivity index (χ1) is 11.4. The standard InChI is InChI=1S/C18H25NO4S/c1-14-4-6-16(7-5-14)17(20)8-9-18(21)19-11-2-3-15-10-12-24(22,23)13-15/h4-7,15H,2-3,8-13H2,1H3,(H,19,21). The van der Waals surface area contributed by atoms with Crippen molar-refractivity contribution in [3.05, 3.63) is 35.4 Å². The first-order valence-electron chi connectivity index (χ1n) is 8.43. The number of carbonyl (C=O) groups is 2. The first-order valence-corrected chi connectivity index (χ1v) is 10.2. The number of carbonyl (C=O) groups excluding carboxylic acids is 2. The molecule has 0 bridgehead atoms. The third-order valence-corrected chi connectivity index (χ3v) is 6.23. The normalized spacial score (nSPS) is 19.1. The largest absolute Gasteiger partial charge is 0.356 e. The fraction of sp³-hybridized carbons (Fsp3) is 0.556. The molecule has 1 unspecified atom stereocenters. The highest BCUT2D eigenvalue weighted by Crippen LogP contribution is 2.22. The fourth-order valence-corrected chi connectivity index (χ4v) is 4.83. The molecule has 2 rings (SSSR count). The van der Waals surface area contributed by atoms with E-state index >= 15 is 0 Å². The van der Waals surface area contributed by atoms with E-state index in [0.29, 0.717) is 17.9 Å². The monoisotopic (exact) mass is 351 g/mol. The van der Waals surface area contributed by atoms with E-state index in [1.807, 2.05) is 19.1 Å². The lowest BCUT2D eigenvalue weighted by Crippen LogP contribution is -2.25. The molecular weight excluding hydrogens is 326 g/mol. The number of hydrogen-bond donors (Lipinski definition) is 1. The van der Waals surface area contributed by atoms with E-state index in [-0.39, 0.29) is 36.2 Å². The Morgan fingerprint density at radius 1 is 1.17 bits per heavy atom. The summed E-state index contributed by atoms with van der Waals surface area (Å²) in [5.74, 6) is 0.655. The zero-order valence-corrected chi connectivity index (χ0v) is 14.9. The number of ketones is 1. The number of rotatable bonds is 8. The lowest BCUT2D eigenvalue weighted by atomic mass is 10.0. The molecule has 1 aliphatic rings. The Morgan fingerprint density at radius 2 is 1.88 bits per heavy atom. The SMILES string of the molecule is Cc1ccc(C(=O)CCC(=O)NCCCC2CCS(=O)(=O)C2)cc1. The third-order valence-electron chi connectivity index (χ3n) is 4.39. The topological polar surface area (TPSA) is 80.3 Å². The van der Waals surface area contributed by atoms with Crippen LogP contribution in [0.1, 0.15) is 48.0 Å². The van der Waals surface area contributed by atoms with Crippen molar-refractivity contribution in [1.82, 2.24) is 5.32 Å². The summed E-state index contributed by atoms with van der Waals surface area (Å²) in [6, 6.07) is 7.34. The molecule has 1 fully saturated rings. The molecule has 1 N–H and O–H groups in total. The molecule has 24 heavy (non-hydrogen) atoms. The van der Waals surface area contributed by atoms with Gasteiger partial charge in [-0.25, -0.2) is 8.42 Å². The summed E-state index contributed by atoms with van der Waals surface area (Å²) >= 11 is 0. The zero-order valence-electron chi connectivity index (χ0n) is 14.1. The number of sulfone groups is 1. The van der Waals surface area contributed by atoms with Crippen molar-refractivity contribution >= 4 is 21.5 Å². The van der Waals surface area contributed by atoms with Crippen molar-refractivity contribution in [3.63, 3.8) is 0 Å². The summed E-state index contributed by atoms with van der Waals surface area (Å²) in [5, 5.41) is 2.80. The minimum absolute atomic E-state index is 0.0266. The van der Waals surface area contributed by atoms with Crippen LogP contribution in [0.3, 0.4) is 0 Å². The third kappa shape index (κ3) is 6.07. The Balaban J connectivity index is 1.60. The van der Waals surface area contributed by atoms with Gasteiger partial charge in [0.1, 0.15) is 0 Å². The molecule has 0 aliphatic carbocycles. The molecule has 5 nitrogen and oxygen atoms in total. The van der Waals surface area contributed by atoms with Crippen LogP contribution in [-0.2, 0) is 14.6 Å². The van der Waals surface area contributed by atoms with Crippen LogP contribution < -0.4 is 5.32 Å². The predicted octanol–water partition coefficient (Wildman–Crippen LogP) is 2.29. The van der Waals surface area contributed by atoms with Crippen LogP contribution in [0.15, 0.2) is 24.3 Å². The van der Waals surface area contributed by atoms with E-state index in [9.17, 15) is 18.0 Å². The second-order valence-corrected chi connectivity index (χ2v) is 8.78. The lowest BCUT2D eigenvalue weighted by Gasteiger charge is -2.08. The van der Waals surface area contributed by atoms with Gasteiger partial charge in [0, 0.05) is 24.9 Å². The minimum atomic E-state index is -2.82. The summed E-state index contributed by atoms with van der Waals surface area (Å²) < 4.78 is 22.7. The van der Waals surface area contributed by atoms with Crippen LogP contribution in [0.4, 0.5) is 0 Å². The number of benzene rings is 1. The van der Waals surface area contributed by atoms with Gasteiger partial charge in [-0.3, -0.25) is 9.59 Å². The van der Waals surface area contributed by atoms with Crippen LogP contribution in [0.5, 0.6) is 0 Å². The molecule has 1 amide bonds. The van der Waals surface area contributed by atoms with Gasteiger partial charge in [-0.1, -0.05) is 29.8 Å². The lowest BCUT2D eigenvalue weighted by molar-refractivity contribution is -0.121. The van der Waals surface area contributed by atoms with Gasteiger partial charge in [0.2, 0.25) is 5.91 Å². The molecule has 132 valence electrons. The molecule has 0 radical (unpaired) electrons. The van der Waals surface area contributed by atoms with Crippen molar-refractivity contribution in [2.45, 2.75) is 39.0 Å². The quantitative estimate of drug-likeness (QED) is 0.575. The zero-order chi connectivity index (χ0) is 17.6. The molecule has 1 atom stereocenters. The number of hydrogen-bond acceptors (Lipinski definition) is 4. The van der Waals surface area contributed by atoms with E-state index < -0.39 is 9.84 Å². The number of nitrogens with one attached hydrogen (secondary N) is 1. The summed E-state index contributed by atoms with van der Waals surface area (Å²) in [4.78, 5) is 23.8. The molecule has 1 saturated heterocycles. The number of amides is 1. The summed E-state index contributed by atoms with van der Waals surface area (Å²) in [6.45, 7) is 2.50. The predicted molar refractivity (Wildman–Crippen MR) is 93.7 cm³/mol. The van der Waals surface area contributed by atoms with Gasteiger partial charge in [-0.15, -0.1) is 0 Å². The van der Waals surface area contributed by atoms with E-state index in [4.69, 9.17) is 0 Å². The van der Waals surface area contributed by atoms with Crippen molar-refractivity contribution in [2.24, 2.45) is 5.92 Å². The van der Waals surface area contributed by atoms with E-state index in [2.05, 4.69) is 5.32 Å². The second kappa shape index (κ2) is 8.42. The highest BCUT2D eigenvalue weighted by Gasteiger charge is 2.27. The Labute approximate surface area is 143 Å². The van der Waals surface area contributed by atoms with Crippen molar-refractivity contribution in [2.75, 3.05) is 18.1 Å². The van der Waals surface area contributed by atoms with Crippen LogP contribution in [0.2, 0.25) is 0 Å². The van der Waals surface area contributed by atoms with E-state index in [1.54, 1.807) is 12.1 Å². The summed E-state index contributed by atoms with van der Waals surface area (Å²) in [6.07, 6.45) is 2.72. The van der Waals surface area contributed by atoms with Crippen molar-refractivity contribution in [1.29, 1.82) is 0 Å². The highest BCUT2D eigenvalue weighted by molar-refractivity contribution is 7.91. The molecule has 0 saturated carbocycles. The summed E-state index contributed by atoms with van der Waals surface area (Å²) in [7, 11) is -2.82. The Bertz CT molecular complexity index is 679.